The zero-order chi connectivity index (χ0) is 17.5. The Hall–Kier alpha value is -2.49. The molecule has 0 aliphatic rings. The number of carbonyl (C=O) groups excluding carboxylic acids is 1. The first-order valence-electron chi connectivity index (χ1n) is 8.19. The van der Waals surface area contributed by atoms with Gasteiger partial charge in [-0.25, -0.2) is 0 Å². The summed E-state index contributed by atoms with van der Waals surface area (Å²) in [5, 5.41) is 3.05. The van der Waals surface area contributed by atoms with E-state index in [1.807, 2.05) is 43.3 Å². The largest absolute Gasteiger partial charge is 0.493 e. The van der Waals surface area contributed by atoms with Gasteiger partial charge < -0.3 is 14.8 Å². The van der Waals surface area contributed by atoms with Crippen molar-refractivity contribution in [2.45, 2.75) is 32.6 Å². The number of aryl methyl sites for hydroxylation is 1. The summed E-state index contributed by atoms with van der Waals surface area (Å²) < 4.78 is 10.6. The van der Waals surface area contributed by atoms with Crippen LogP contribution < -0.4 is 14.8 Å². The Labute approximate surface area is 143 Å². The molecular formula is C20H25NO3. The predicted octanol–water partition coefficient (Wildman–Crippen LogP) is 4.53. The zero-order valence-electron chi connectivity index (χ0n) is 14.8. The van der Waals surface area contributed by atoms with Crippen LogP contribution in [-0.2, 0) is 4.79 Å². The second kappa shape index (κ2) is 8.39. The van der Waals surface area contributed by atoms with E-state index in [9.17, 15) is 4.79 Å². The highest BCUT2D eigenvalue weighted by Gasteiger charge is 2.21. The molecule has 0 fully saturated rings. The van der Waals surface area contributed by atoms with Crippen LogP contribution in [0.5, 0.6) is 11.5 Å². The minimum Gasteiger partial charge on any atom is -0.493 e. The summed E-state index contributed by atoms with van der Waals surface area (Å²) in [7, 11) is 3.19. The molecule has 0 aromatic heterocycles. The van der Waals surface area contributed by atoms with Crippen LogP contribution >= 0.6 is 0 Å². The van der Waals surface area contributed by atoms with Gasteiger partial charge in [0.25, 0.3) is 0 Å². The molecule has 0 unspecified atom stereocenters. The topological polar surface area (TPSA) is 47.6 Å². The summed E-state index contributed by atoms with van der Waals surface area (Å²) in [5.74, 6) is 1.09. The van der Waals surface area contributed by atoms with Crippen LogP contribution in [-0.4, -0.2) is 20.1 Å². The standard InChI is InChI=1S/C20H25NO3/c1-5-9-16(15-10-7-6-8-11-15)20(22)21-17-13-19(24-4)18(23-3)12-14(17)2/h6-8,10-13,16H,5,9H2,1-4H3,(H,21,22)/t16-/m1/s1. The number of carbonyl (C=O) groups is 1. The van der Waals surface area contributed by atoms with Gasteiger partial charge in [0.1, 0.15) is 0 Å². The number of nitrogens with one attached hydrogen (secondary N) is 1. The fraction of sp³-hybridized carbons (Fsp3) is 0.350. The maximum absolute atomic E-state index is 12.8. The third-order valence-corrected chi connectivity index (χ3v) is 4.08. The molecule has 0 bridgehead atoms. The number of hydrogen-bond donors (Lipinski definition) is 1. The van der Waals surface area contributed by atoms with E-state index in [0.29, 0.717) is 11.5 Å². The van der Waals surface area contributed by atoms with Crippen molar-refractivity contribution in [1.82, 2.24) is 0 Å². The lowest BCUT2D eigenvalue weighted by Crippen LogP contribution is -2.21. The number of methoxy groups -OCH3 is 2. The molecule has 0 aliphatic heterocycles. The van der Waals surface area contributed by atoms with Crippen LogP contribution in [0.25, 0.3) is 0 Å². The summed E-state index contributed by atoms with van der Waals surface area (Å²) in [5.41, 5.74) is 2.72. The molecule has 2 aromatic carbocycles. The minimum absolute atomic E-state index is 0.00151. The van der Waals surface area contributed by atoms with Gasteiger partial charge in [0.05, 0.1) is 20.1 Å². The Morgan fingerprint density at radius 3 is 2.29 bits per heavy atom. The monoisotopic (exact) mass is 327 g/mol. The van der Waals surface area contributed by atoms with E-state index in [4.69, 9.17) is 9.47 Å². The number of anilines is 1. The molecule has 128 valence electrons. The van der Waals surface area contributed by atoms with Gasteiger partial charge in [-0.2, -0.15) is 0 Å². The van der Waals surface area contributed by atoms with E-state index in [2.05, 4.69) is 12.2 Å². The molecule has 1 atom stereocenters. The van der Waals surface area contributed by atoms with Gasteiger partial charge in [0.15, 0.2) is 11.5 Å². The number of hydrogen-bond acceptors (Lipinski definition) is 3. The maximum atomic E-state index is 12.8. The molecular weight excluding hydrogens is 302 g/mol. The number of benzene rings is 2. The molecule has 1 amide bonds. The van der Waals surface area contributed by atoms with Crippen molar-refractivity contribution in [2.75, 3.05) is 19.5 Å². The van der Waals surface area contributed by atoms with Gasteiger partial charge in [0.2, 0.25) is 5.91 Å². The van der Waals surface area contributed by atoms with Gasteiger partial charge in [0, 0.05) is 11.8 Å². The van der Waals surface area contributed by atoms with Gasteiger partial charge in [-0.3, -0.25) is 4.79 Å². The lowest BCUT2D eigenvalue weighted by Gasteiger charge is -2.19. The fourth-order valence-corrected chi connectivity index (χ4v) is 2.76. The van der Waals surface area contributed by atoms with Crippen molar-refractivity contribution in [2.24, 2.45) is 0 Å². The third-order valence-electron chi connectivity index (χ3n) is 4.08. The Bertz CT molecular complexity index is 683. The smallest absolute Gasteiger partial charge is 0.231 e. The van der Waals surface area contributed by atoms with Crippen LogP contribution in [0.2, 0.25) is 0 Å². The van der Waals surface area contributed by atoms with Crippen LogP contribution in [0, 0.1) is 6.92 Å². The molecule has 0 spiro atoms. The van der Waals surface area contributed by atoms with Gasteiger partial charge in [-0.1, -0.05) is 43.7 Å². The highest BCUT2D eigenvalue weighted by Crippen LogP contribution is 2.33. The minimum atomic E-state index is -0.163. The van der Waals surface area contributed by atoms with E-state index >= 15 is 0 Å². The SMILES string of the molecule is CCC[C@@H](C(=O)Nc1cc(OC)c(OC)cc1C)c1ccccc1. The number of ether oxygens (including phenoxy) is 2. The summed E-state index contributed by atoms with van der Waals surface area (Å²) in [6, 6.07) is 13.6. The molecule has 0 saturated heterocycles. The average Bonchev–Trinajstić information content (AvgIpc) is 2.61. The van der Waals surface area contributed by atoms with E-state index < -0.39 is 0 Å². The lowest BCUT2D eigenvalue weighted by molar-refractivity contribution is -0.117. The molecule has 0 heterocycles. The van der Waals surface area contributed by atoms with Gasteiger partial charge in [-0.15, -0.1) is 0 Å². The van der Waals surface area contributed by atoms with Crippen LogP contribution in [0.4, 0.5) is 5.69 Å². The summed E-state index contributed by atoms with van der Waals surface area (Å²) in [6.45, 7) is 4.03. The molecule has 24 heavy (non-hydrogen) atoms. The quantitative estimate of drug-likeness (QED) is 0.812. The second-order valence-corrected chi connectivity index (χ2v) is 5.76. The predicted molar refractivity (Wildman–Crippen MR) is 97.0 cm³/mol. The molecule has 1 N–H and O–H groups in total. The van der Waals surface area contributed by atoms with Crippen LogP contribution in [0.3, 0.4) is 0 Å². The van der Waals surface area contributed by atoms with Crippen molar-refractivity contribution < 1.29 is 14.3 Å². The number of amides is 1. The molecule has 4 nitrogen and oxygen atoms in total. The average molecular weight is 327 g/mol. The van der Waals surface area contributed by atoms with Crippen molar-refractivity contribution in [3.05, 3.63) is 53.6 Å². The first kappa shape index (κ1) is 17.9. The Kier molecular flexibility index (Phi) is 6.24. The molecule has 4 heteroatoms. The Morgan fingerprint density at radius 2 is 1.71 bits per heavy atom. The molecule has 0 saturated carbocycles. The van der Waals surface area contributed by atoms with Gasteiger partial charge >= 0.3 is 0 Å². The first-order valence-corrected chi connectivity index (χ1v) is 8.19. The third kappa shape index (κ3) is 4.07. The van der Waals surface area contributed by atoms with Gasteiger partial charge in [-0.05, 0) is 30.5 Å². The van der Waals surface area contributed by atoms with E-state index in [1.165, 1.54) is 0 Å². The second-order valence-electron chi connectivity index (χ2n) is 5.76. The maximum Gasteiger partial charge on any atom is 0.231 e. The van der Waals surface area contributed by atoms with Crippen LogP contribution in [0.1, 0.15) is 36.8 Å². The fourth-order valence-electron chi connectivity index (χ4n) is 2.76. The summed E-state index contributed by atoms with van der Waals surface area (Å²) in [4.78, 5) is 12.8. The zero-order valence-corrected chi connectivity index (χ0v) is 14.8. The molecule has 2 rings (SSSR count). The van der Waals surface area contributed by atoms with Crippen molar-refractivity contribution in [1.29, 1.82) is 0 Å². The molecule has 0 aliphatic carbocycles. The molecule has 0 radical (unpaired) electrons. The van der Waals surface area contributed by atoms with Crippen molar-refractivity contribution >= 4 is 11.6 Å². The highest BCUT2D eigenvalue weighted by molar-refractivity contribution is 5.96. The lowest BCUT2D eigenvalue weighted by atomic mass is 9.93. The highest BCUT2D eigenvalue weighted by atomic mass is 16.5. The number of rotatable bonds is 7. The van der Waals surface area contributed by atoms with E-state index in [1.54, 1.807) is 20.3 Å². The summed E-state index contributed by atoms with van der Waals surface area (Å²) >= 11 is 0. The molecule has 2 aromatic rings. The van der Waals surface area contributed by atoms with E-state index in [0.717, 1.165) is 29.7 Å². The van der Waals surface area contributed by atoms with Crippen molar-refractivity contribution in [3.8, 4) is 11.5 Å². The Balaban J connectivity index is 2.27. The summed E-state index contributed by atoms with van der Waals surface area (Å²) in [6.07, 6.45) is 1.75. The first-order chi connectivity index (χ1) is 11.6. The van der Waals surface area contributed by atoms with Crippen molar-refractivity contribution in [3.63, 3.8) is 0 Å². The van der Waals surface area contributed by atoms with Crippen LogP contribution in [0.15, 0.2) is 42.5 Å². The Morgan fingerprint density at radius 1 is 1.08 bits per heavy atom. The normalized spacial score (nSPS) is 11.7. The van der Waals surface area contributed by atoms with E-state index in [-0.39, 0.29) is 11.8 Å².